The van der Waals surface area contributed by atoms with Gasteiger partial charge in [0.15, 0.2) is 6.10 Å². The molecule has 0 bridgehead atoms. The number of hydrogen-bond donors (Lipinski definition) is 1. The Morgan fingerprint density at radius 3 is 2.23 bits per heavy atom. The highest BCUT2D eigenvalue weighted by atomic mass is 19.1. The Morgan fingerprint density at radius 1 is 0.955 bits per heavy atom. The molecular weight excluding hydrogens is 566 g/mol. The SMILES string of the molecule is CCOC(=O)[C@H](Cc1ccc(OCCNC2[C@H]3CN(C(=O)c4ccc(F)cc4F)C[C@@H]23)cc1)Oc1ccc(C(C)(C)C)cc1. The molecule has 1 aliphatic carbocycles. The number of piperidine rings is 1. The largest absolute Gasteiger partial charge is 0.492 e. The summed E-state index contributed by atoms with van der Waals surface area (Å²) in [5.41, 5.74) is 2.04. The number of carbonyl (C=O) groups is 2. The Labute approximate surface area is 257 Å². The third-order valence-corrected chi connectivity index (χ3v) is 8.29. The van der Waals surface area contributed by atoms with Crippen LogP contribution in [0.1, 0.15) is 49.2 Å². The van der Waals surface area contributed by atoms with Gasteiger partial charge in [0.25, 0.3) is 5.91 Å². The summed E-state index contributed by atoms with van der Waals surface area (Å²) in [5.74, 6) is -0.337. The Morgan fingerprint density at radius 2 is 1.61 bits per heavy atom. The maximum Gasteiger partial charge on any atom is 0.347 e. The van der Waals surface area contributed by atoms with Crippen LogP contribution < -0.4 is 14.8 Å². The molecule has 234 valence electrons. The summed E-state index contributed by atoms with van der Waals surface area (Å²) in [5, 5.41) is 3.49. The van der Waals surface area contributed by atoms with Gasteiger partial charge in [-0.2, -0.15) is 0 Å². The van der Waals surface area contributed by atoms with E-state index in [2.05, 4.69) is 26.1 Å². The second-order valence-electron chi connectivity index (χ2n) is 12.5. The zero-order valence-corrected chi connectivity index (χ0v) is 25.6. The van der Waals surface area contributed by atoms with Gasteiger partial charge in [0, 0.05) is 38.2 Å². The number of benzene rings is 3. The molecule has 0 aromatic heterocycles. The third kappa shape index (κ3) is 7.56. The van der Waals surface area contributed by atoms with Crippen molar-refractivity contribution in [2.45, 2.75) is 51.7 Å². The lowest BCUT2D eigenvalue weighted by molar-refractivity contribution is -0.151. The molecule has 44 heavy (non-hydrogen) atoms. The lowest BCUT2D eigenvalue weighted by Gasteiger charge is -2.21. The van der Waals surface area contributed by atoms with Gasteiger partial charge >= 0.3 is 5.97 Å². The van der Waals surface area contributed by atoms with Crippen molar-refractivity contribution in [3.63, 3.8) is 0 Å². The van der Waals surface area contributed by atoms with Gasteiger partial charge in [0.1, 0.15) is 29.7 Å². The molecule has 0 radical (unpaired) electrons. The van der Waals surface area contributed by atoms with E-state index in [0.29, 0.717) is 56.3 Å². The minimum atomic E-state index is -0.829. The molecule has 1 heterocycles. The molecule has 1 unspecified atom stereocenters. The summed E-state index contributed by atoms with van der Waals surface area (Å²) in [4.78, 5) is 26.9. The van der Waals surface area contributed by atoms with Crippen LogP contribution in [0.15, 0.2) is 66.7 Å². The predicted molar refractivity (Wildman–Crippen MR) is 163 cm³/mol. The average molecular weight is 607 g/mol. The molecule has 9 heteroatoms. The van der Waals surface area contributed by atoms with Gasteiger partial charge in [0.05, 0.1) is 12.2 Å². The second-order valence-corrected chi connectivity index (χ2v) is 12.5. The lowest BCUT2D eigenvalue weighted by atomic mass is 9.87. The quantitative estimate of drug-likeness (QED) is 0.215. The van der Waals surface area contributed by atoms with E-state index < -0.39 is 29.6 Å². The van der Waals surface area contributed by atoms with Gasteiger partial charge in [-0.25, -0.2) is 13.6 Å². The van der Waals surface area contributed by atoms with E-state index >= 15 is 0 Å². The first-order valence-electron chi connectivity index (χ1n) is 15.2. The zero-order chi connectivity index (χ0) is 31.4. The van der Waals surface area contributed by atoms with Gasteiger partial charge in [-0.1, -0.05) is 45.0 Å². The number of amides is 1. The van der Waals surface area contributed by atoms with E-state index in [9.17, 15) is 18.4 Å². The molecule has 1 N–H and O–H groups in total. The van der Waals surface area contributed by atoms with Crippen molar-refractivity contribution in [2.75, 3.05) is 32.8 Å². The van der Waals surface area contributed by atoms with E-state index in [1.165, 1.54) is 11.6 Å². The minimum Gasteiger partial charge on any atom is -0.492 e. The van der Waals surface area contributed by atoms with Crippen molar-refractivity contribution in [3.05, 3.63) is 95.1 Å². The van der Waals surface area contributed by atoms with Gasteiger partial charge in [-0.05, 0) is 71.7 Å². The number of halogens is 2. The van der Waals surface area contributed by atoms with Crippen LogP contribution in [0, 0.1) is 23.5 Å². The first-order valence-corrected chi connectivity index (χ1v) is 15.2. The van der Waals surface area contributed by atoms with E-state index in [0.717, 1.165) is 23.4 Å². The number of carbonyl (C=O) groups excluding carboxylic acids is 2. The summed E-state index contributed by atoms with van der Waals surface area (Å²) in [6.45, 7) is 10.7. The Hall–Kier alpha value is -3.98. The predicted octanol–water partition coefficient (Wildman–Crippen LogP) is 5.55. The van der Waals surface area contributed by atoms with Crippen LogP contribution in [0.4, 0.5) is 8.78 Å². The van der Waals surface area contributed by atoms with E-state index in [1.54, 1.807) is 11.8 Å². The molecule has 2 fully saturated rings. The molecule has 3 aromatic rings. The summed E-state index contributed by atoms with van der Waals surface area (Å²) < 4.78 is 44.4. The molecule has 4 atom stereocenters. The van der Waals surface area contributed by atoms with Crippen molar-refractivity contribution in [2.24, 2.45) is 11.8 Å². The standard InChI is InChI=1S/C35H40F2N2O5/c1-5-42-34(41)31(44-26-13-8-23(9-14-26)35(2,3)4)18-22-6-11-25(12-7-22)43-17-16-38-32-28-20-39(21-29(28)32)33(40)27-15-10-24(36)19-30(27)37/h6-15,19,28-29,31-32,38H,5,16-18,20-21H2,1-4H3/t28-,29+,31-,32?/m0/s1. The summed E-state index contributed by atoms with van der Waals surface area (Å²) in [6.07, 6.45) is -0.412. The molecule has 1 saturated carbocycles. The topological polar surface area (TPSA) is 77.1 Å². The number of nitrogens with zero attached hydrogens (tertiary/aromatic N) is 1. The van der Waals surface area contributed by atoms with Crippen LogP contribution in [0.2, 0.25) is 0 Å². The van der Waals surface area contributed by atoms with Crippen LogP contribution in [0.25, 0.3) is 0 Å². The highest BCUT2D eigenvalue weighted by Crippen LogP contribution is 2.45. The van der Waals surface area contributed by atoms with Crippen molar-refractivity contribution in [3.8, 4) is 11.5 Å². The van der Waals surface area contributed by atoms with Gasteiger partial charge in [-0.15, -0.1) is 0 Å². The fraction of sp³-hybridized carbons (Fsp3) is 0.429. The van der Waals surface area contributed by atoms with Gasteiger partial charge in [0.2, 0.25) is 0 Å². The van der Waals surface area contributed by atoms with Gasteiger partial charge in [-0.3, -0.25) is 4.79 Å². The monoisotopic (exact) mass is 606 g/mol. The van der Waals surface area contributed by atoms with Crippen LogP contribution in [0.5, 0.6) is 11.5 Å². The van der Waals surface area contributed by atoms with Crippen LogP contribution >= 0.6 is 0 Å². The molecule has 0 spiro atoms. The van der Waals surface area contributed by atoms with Gasteiger partial charge < -0.3 is 24.4 Å². The van der Waals surface area contributed by atoms with Crippen LogP contribution in [-0.4, -0.2) is 61.8 Å². The normalized spacial score (nSPS) is 19.7. The van der Waals surface area contributed by atoms with Crippen molar-refractivity contribution >= 4 is 11.9 Å². The summed E-state index contributed by atoms with van der Waals surface area (Å²) in [7, 11) is 0. The first kappa shape index (κ1) is 31.4. The van der Waals surface area contributed by atoms with Crippen LogP contribution in [-0.2, 0) is 21.4 Å². The number of fused-ring (bicyclic) bond motifs is 1. The average Bonchev–Trinajstić information content (AvgIpc) is 3.42. The molecule has 5 rings (SSSR count). The zero-order valence-electron chi connectivity index (χ0n) is 25.6. The fourth-order valence-electron chi connectivity index (χ4n) is 5.76. The molecule has 3 aromatic carbocycles. The van der Waals surface area contributed by atoms with Crippen molar-refractivity contribution < 1.29 is 32.6 Å². The van der Waals surface area contributed by atoms with E-state index in [1.807, 2.05) is 48.5 Å². The number of esters is 1. The van der Waals surface area contributed by atoms with E-state index in [-0.39, 0.29) is 17.6 Å². The lowest BCUT2D eigenvalue weighted by Crippen LogP contribution is -2.36. The number of hydrogen-bond acceptors (Lipinski definition) is 6. The highest BCUT2D eigenvalue weighted by molar-refractivity contribution is 5.94. The molecule has 7 nitrogen and oxygen atoms in total. The second kappa shape index (κ2) is 13.3. The Kier molecular flexibility index (Phi) is 9.53. The third-order valence-electron chi connectivity index (χ3n) is 8.29. The van der Waals surface area contributed by atoms with E-state index in [4.69, 9.17) is 14.2 Å². The highest BCUT2D eigenvalue weighted by Gasteiger charge is 2.56. The van der Waals surface area contributed by atoms with Crippen LogP contribution in [0.3, 0.4) is 0 Å². The maximum atomic E-state index is 14.0. The Balaban J connectivity index is 1.05. The number of rotatable bonds is 12. The number of ether oxygens (including phenoxy) is 3. The molecule has 1 amide bonds. The number of likely N-dealkylation sites (tertiary alicyclic amines) is 1. The van der Waals surface area contributed by atoms with Crippen molar-refractivity contribution in [1.29, 1.82) is 0 Å². The molecule has 1 saturated heterocycles. The summed E-state index contributed by atoms with van der Waals surface area (Å²) >= 11 is 0. The molecular formula is C35H40F2N2O5. The smallest absolute Gasteiger partial charge is 0.347 e. The fourth-order valence-corrected chi connectivity index (χ4v) is 5.76. The van der Waals surface area contributed by atoms with Crippen molar-refractivity contribution in [1.82, 2.24) is 10.2 Å². The maximum absolute atomic E-state index is 14.0. The minimum absolute atomic E-state index is 0.0232. The summed E-state index contributed by atoms with van der Waals surface area (Å²) in [6, 6.07) is 18.7. The number of nitrogens with one attached hydrogen (secondary N) is 1. The Bertz CT molecular complexity index is 1440. The first-order chi connectivity index (χ1) is 21.0. The molecule has 2 aliphatic rings. The molecule has 1 aliphatic heterocycles.